The Morgan fingerprint density at radius 1 is 1.35 bits per heavy atom. The highest BCUT2D eigenvalue weighted by Crippen LogP contribution is 2.28. The van der Waals surface area contributed by atoms with E-state index in [9.17, 15) is 0 Å². The second-order valence-corrected chi connectivity index (χ2v) is 7.55. The highest BCUT2D eigenvalue weighted by Gasteiger charge is 2.21. The molecule has 1 fully saturated rings. The number of nitrogens with one attached hydrogen (secondary N) is 1. The van der Waals surface area contributed by atoms with Gasteiger partial charge in [0.05, 0.1) is 3.79 Å². The van der Waals surface area contributed by atoms with Gasteiger partial charge in [0, 0.05) is 17.5 Å². The maximum absolute atomic E-state index is 3.76. The highest BCUT2D eigenvalue weighted by atomic mass is 79.9. The molecular weight excluding hydrogens is 294 g/mol. The summed E-state index contributed by atoms with van der Waals surface area (Å²) in [7, 11) is 0. The zero-order chi connectivity index (χ0) is 12.1. The lowest BCUT2D eigenvalue weighted by atomic mass is 9.83. The predicted octanol–water partition coefficient (Wildman–Crippen LogP) is 4.96. The molecular formula is C14H22BrNS. The van der Waals surface area contributed by atoms with E-state index >= 15 is 0 Å². The minimum Gasteiger partial charge on any atom is -0.309 e. The maximum Gasteiger partial charge on any atom is 0.0701 e. The Morgan fingerprint density at radius 3 is 2.71 bits per heavy atom. The highest BCUT2D eigenvalue weighted by molar-refractivity contribution is 9.11. The van der Waals surface area contributed by atoms with Crippen LogP contribution < -0.4 is 5.32 Å². The summed E-state index contributed by atoms with van der Waals surface area (Å²) in [6.07, 6.45) is 8.45. The molecule has 1 heterocycles. The zero-order valence-corrected chi connectivity index (χ0v) is 12.9. The van der Waals surface area contributed by atoms with E-state index in [1.54, 1.807) is 0 Å². The Kier molecular flexibility index (Phi) is 5.51. The second-order valence-electron chi connectivity index (χ2n) is 5.00. The molecule has 0 aliphatic heterocycles. The van der Waals surface area contributed by atoms with E-state index in [4.69, 9.17) is 0 Å². The first-order valence-corrected chi connectivity index (χ1v) is 8.38. The van der Waals surface area contributed by atoms with Crippen molar-refractivity contribution in [2.24, 2.45) is 5.92 Å². The minimum absolute atomic E-state index is 0.719. The molecule has 2 rings (SSSR count). The van der Waals surface area contributed by atoms with Crippen LogP contribution in [0.1, 0.15) is 50.3 Å². The fourth-order valence-electron chi connectivity index (χ4n) is 2.86. The van der Waals surface area contributed by atoms with Crippen LogP contribution in [-0.4, -0.2) is 6.04 Å². The molecule has 1 saturated carbocycles. The lowest BCUT2D eigenvalue weighted by Crippen LogP contribution is -2.36. The molecule has 96 valence electrons. The van der Waals surface area contributed by atoms with Crippen molar-refractivity contribution >= 4 is 27.3 Å². The van der Waals surface area contributed by atoms with Crippen LogP contribution in [0.25, 0.3) is 0 Å². The van der Waals surface area contributed by atoms with E-state index < -0.39 is 0 Å². The van der Waals surface area contributed by atoms with E-state index in [0.717, 1.165) is 18.5 Å². The summed E-state index contributed by atoms with van der Waals surface area (Å²) in [4.78, 5) is 1.44. The van der Waals surface area contributed by atoms with Crippen LogP contribution in [0.2, 0.25) is 0 Å². The van der Waals surface area contributed by atoms with Crippen LogP contribution in [0.3, 0.4) is 0 Å². The number of halogens is 1. The van der Waals surface area contributed by atoms with Crippen molar-refractivity contribution in [2.45, 2.75) is 58.0 Å². The SMILES string of the molecule is CCC(NCc1ccc(Br)s1)C1CCCCC1. The molecule has 1 nitrogen and oxygen atoms in total. The van der Waals surface area contributed by atoms with Crippen molar-refractivity contribution in [3.05, 3.63) is 20.8 Å². The summed E-state index contributed by atoms with van der Waals surface area (Å²) in [5.41, 5.74) is 0. The second kappa shape index (κ2) is 6.91. The zero-order valence-electron chi connectivity index (χ0n) is 10.5. The first-order chi connectivity index (χ1) is 8.29. The van der Waals surface area contributed by atoms with Crippen molar-refractivity contribution in [2.75, 3.05) is 0 Å². The van der Waals surface area contributed by atoms with Gasteiger partial charge in [-0.3, -0.25) is 0 Å². The molecule has 1 N–H and O–H groups in total. The Morgan fingerprint density at radius 2 is 2.12 bits per heavy atom. The fourth-order valence-corrected chi connectivity index (χ4v) is 4.29. The molecule has 1 unspecified atom stereocenters. The van der Waals surface area contributed by atoms with E-state index in [2.05, 4.69) is 40.3 Å². The molecule has 3 heteroatoms. The Hall–Kier alpha value is 0.140. The van der Waals surface area contributed by atoms with Crippen molar-refractivity contribution in [3.63, 3.8) is 0 Å². The van der Waals surface area contributed by atoms with Gasteiger partial charge in [-0.1, -0.05) is 26.2 Å². The first-order valence-electron chi connectivity index (χ1n) is 6.77. The molecule has 17 heavy (non-hydrogen) atoms. The standard InChI is InChI=1S/C14H22BrNS/c1-2-13(11-6-4-3-5-7-11)16-10-12-8-9-14(15)17-12/h8-9,11,13,16H,2-7,10H2,1H3. The van der Waals surface area contributed by atoms with E-state index in [1.807, 2.05) is 11.3 Å². The van der Waals surface area contributed by atoms with Gasteiger partial charge < -0.3 is 5.32 Å². The number of hydrogen-bond acceptors (Lipinski definition) is 2. The van der Waals surface area contributed by atoms with Gasteiger partial charge in [0.25, 0.3) is 0 Å². The Labute approximate surface area is 117 Å². The molecule has 1 aliphatic carbocycles. The van der Waals surface area contributed by atoms with Crippen LogP contribution in [0.15, 0.2) is 15.9 Å². The maximum atomic E-state index is 3.76. The third kappa shape index (κ3) is 4.08. The average Bonchev–Trinajstić information content (AvgIpc) is 2.77. The average molecular weight is 316 g/mol. The first kappa shape index (κ1) is 13.6. The van der Waals surface area contributed by atoms with Gasteiger partial charge in [0.15, 0.2) is 0 Å². The van der Waals surface area contributed by atoms with E-state index in [-0.39, 0.29) is 0 Å². The summed E-state index contributed by atoms with van der Waals surface area (Å²) in [5.74, 6) is 0.914. The topological polar surface area (TPSA) is 12.0 Å². The fraction of sp³-hybridized carbons (Fsp3) is 0.714. The molecule has 0 amide bonds. The quantitative estimate of drug-likeness (QED) is 0.809. The molecule has 0 saturated heterocycles. The molecule has 0 aromatic carbocycles. The lowest BCUT2D eigenvalue weighted by molar-refractivity contribution is 0.262. The molecule has 1 aromatic heterocycles. The third-order valence-corrected chi connectivity index (χ3v) is 5.45. The van der Waals surface area contributed by atoms with Crippen LogP contribution in [0.4, 0.5) is 0 Å². The summed E-state index contributed by atoms with van der Waals surface area (Å²) >= 11 is 5.36. The van der Waals surface area contributed by atoms with Gasteiger partial charge in [-0.15, -0.1) is 11.3 Å². The van der Waals surface area contributed by atoms with E-state index in [0.29, 0.717) is 0 Å². The van der Waals surface area contributed by atoms with Crippen LogP contribution in [0.5, 0.6) is 0 Å². The van der Waals surface area contributed by atoms with Gasteiger partial charge >= 0.3 is 0 Å². The predicted molar refractivity (Wildman–Crippen MR) is 79.5 cm³/mol. The molecule has 1 aliphatic rings. The van der Waals surface area contributed by atoms with Crippen molar-refractivity contribution < 1.29 is 0 Å². The minimum atomic E-state index is 0.719. The number of rotatable bonds is 5. The van der Waals surface area contributed by atoms with Gasteiger partial charge in [-0.25, -0.2) is 0 Å². The third-order valence-electron chi connectivity index (χ3n) is 3.83. The van der Waals surface area contributed by atoms with Crippen molar-refractivity contribution in [1.29, 1.82) is 0 Å². The van der Waals surface area contributed by atoms with Gasteiger partial charge in [-0.2, -0.15) is 0 Å². The van der Waals surface area contributed by atoms with E-state index in [1.165, 1.54) is 47.2 Å². The molecule has 0 bridgehead atoms. The van der Waals surface area contributed by atoms with Gasteiger partial charge in [0.2, 0.25) is 0 Å². The molecule has 0 radical (unpaired) electrons. The number of thiophene rings is 1. The van der Waals surface area contributed by atoms with Gasteiger partial charge in [0.1, 0.15) is 0 Å². The van der Waals surface area contributed by atoms with Crippen molar-refractivity contribution in [1.82, 2.24) is 5.32 Å². The summed E-state index contributed by atoms with van der Waals surface area (Å²) < 4.78 is 1.24. The van der Waals surface area contributed by atoms with Crippen LogP contribution >= 0.6 is 27.3 Å². The lowest BCUT2D eigenvalue weighted by Gasteiger charge is -2.30. The molecule has 1 aromatic rings. The molecule has 1 atom stereocenters. The Balaban J connectivity index is 1.82. The normalized spacial score (nSPS) is 19.4. The summed E-state index contributed by atoms with van der Waals surface area (Å²) in [6, 6.07) is 5.08. The Bertz CT molecular complexity index is 331. The number of hydrogen-bond donors (Lipinski definition) is 1. The monoisotopic (exact) mass is 315 g/mol. The smallest absolute Gasteiger partial charge is 0.0701 e. The molecule has 0 spiro atoms. The van der Waals surface area contributed by atoms with Crippen molar-refractivity contribution in [3.8, 4) is 0 Å². The van der Waals surface area contributed by atoms with Crippen LogP contribution in [-0.2, 0) is 6.54 Å². The summed E-state index contributed by atoms with van der Waals surface area (Å²) in [6.45, 7) is 3.35. The van der Waals surface area contributed by atoms with Gasteiger partial charge in [-0.05, 0) is 53.2 Å². The summed E-state index contributed by atoms with van der Waals surface area (Å²) in [5, 5.41) is 3.76. The van der Waals surface area contributed by atoms with Crippen LogP contribution in [0, 0.1) is 5.92 Å². The largest absolute Gasteiger partial charge is 0.309 e.